The van der Waals surface area contributed by atoms with E-state index in [1.54, 1.807) is 11.0 Å². The van der Waals surface area contributed by atoms with Gasteiger partial charge in [-0.25, -0.2) is 0 Å². The Hall–Kier alpha value is -2.16. The SMILES string of the molecule is O=C1CN(C(=O)c2ccc(C3CCCN3Cc3ccc(CO)o3)s2)CCN1. The van der Waals surface area contributed by atoms with E-state index in [9.17, 15) is 9.59 Å². The minimum Gasteiger partial charge on any atom is -0.462 e. The van der Waals surface area contributed by atoms with E-state index < -0.39 is 0 Å². The van der Waals surface area contributed by atoms with E-state index in [-0.39, 0.29) is 31.0 Å². The van der Waals surface area contributed by atoms with Crippen molar-refractivity contribution in [3.8, 4) is 0 Å². The zero-order chi connectivity index (χ0) is 18.8. The van der Waals surface area contributed by atoms with E-state index in [1.807, 2.05) is 18.2 Å². The van der Waals surface area contributed by atoms with Crippen LogP contribution in [0.2, 0.25) is 0 Å². The highest BCUT2D eigenvalue weighted by Crippen LogP contribution is 2.37. The van der Waals surface area contributed by atoms with Crippen LogP contribution in [0, 0.1) is 0 Å². The molecule has 0 aromatic carbocycles. The Morgan fingerprint density at radius 1 is 1.26 bits per heavy atom. The van der Waals surface area contributed by atoms with Gasteiger partial charge in [-0.15, -0.1) is 11.3 Å². The molecule has 7 nitrogen and oxygen atoms in total. The van der Waals surface area contributed by atoms with Crippen molar-refractivity contribution in [3.63, 3.8) is 0 Å². The molecule has 0 spiro atoms. The summed E-state index contributed by atoms with van der Waals surface area (Å²) >= 11 is 1.52. The van der Waals surface area contributed by atoms with Gasteiger partial charge in [-0.2, -0.15) is 0 Å². The van der Waals surface area contributed by atoms with Gasteiger partial charge in [0.15, 0.2) is 0 Å². The van der Waals surface area contributed by atoms with Crippen LogP contribution in [0.4, 0.5) is 0 Å². The summed E-state index contributed by atoms with van der Waals surface area (Å²) < 4.78 is 5.62. The molecule has 2 amide bonds. The predicted octanol–water partition coefficient (Wildman–Crippen LogP) is 1.74. The van der Waals surface area contributed by atoms with E-state index >= 15 is 0 Å². The van der Waals surface area contributed by atoms with Gasteiger partial charge in [0.2, 0.25) is 5.91 Å². The lowest BCUT2D eigenvalue weighted by Gasteiger charge is -2.26. The number of likely N-dealkylation sites (tertiary alicyclic amines) is 1. The molecule has 0 radical (unpaired) electrons. The lowest BCUT2D eigenvalue weighted by molar-refractivity contribution is -0.123. The van der Waals surface area contributed by atoms with Crippen molar-refractivity contribution in [2.45, 2.75) is 32.0 Å². The van der Waals surface area contributed by atoms with E-state index in [0.29, 0.717) is 30.3 Å². The first-order chi connectivity index (χ1) is 13.1. The highest BCUT2D eigenvalue weighted by Gasteiger charge is 2.30. The molecule has 144 valence electrons. The largest absolute Gasteiger partial charge is 0.462 e. The minimum absolute atomic E-state index is 0.0655. The second-order valence-electron chi connectivity index (χ2n) is 6.93. The molecule has 4 heterocycles. The Bertz CT molecular complexity index is 831. The molecule has 2 fully saturated rings. The average molecular weight is 389 g/mol. The minimum atomic E-state index is -0.103. The normalized spacial score (nSPS) is 20.9. The van der Waals surface area contributed by atoms with E-state index in [4.69, 9.17) is 9.52 Å². The van der Waals surface area contributed by atoms with Crippen LogP contribution in [-0.4, -0.2) is 52.9 Å². The van der Waals surface area contributed by atoms with Crippen LogP contribution in [0.25, 0.3) is 0 Å². The Morgan fingerprint density at radius 3 is 2.89 bits per heavy atom. The van der Waals surface area contributed by atoms with Crippen LogP contribution >= 0.6 is 11.3 Å². The number of thiophene rings is 1. The van der Waals surface area contributed by atoms with Crippen LogP contribution in [0.5, 0.6) is 0 Å². The number of hydrogen-bond donors (Lipinski definition) is 2. The molecule has 0 saturated carbocycles. The number of aliphatic hydroxyl groups is 1. The van der Waals surface area contributed by atoms with E-state index in [2.05, 4.69) is 10.2 Å². The average Bonchev–Trinajstić information content (AvgIpc) is 3.42. The zero-order valence-electron chi connectivity index (χ0n) is 15.0. The molecule has 4 rings (SSSR count). The zero-order valence-corrected chi connectivity index (χ0v) is 15.8. The quantitative estimate of drug-likeness (QED) is 0.814. The topological polar surface area (TPSA) is 86.0 Å². The number of hydrogen-bond acceptors (Lipinski definition) is 6. The fraction of sp³-hybridized carbons (Fsp3) is 0.474. The van der Waals surface area contributed by atoms with Crippen LogP contribution < -0.4 is 5.32 Å². The van der Waals surface area contributed by atoms with Gasteiger partial charge in [-0.3, -0.25) is 14.5 Å². The third-order valence-electron chi connectivity index (χ3n) is 5.09. The summed E-state index contributed by atoms with van der Waals surface area (Å²) in [7, 11) is 0. The first-order valence-corrected chi connectivity index (χ1v) is 10.0. The highest BCUT2D eigenvalue weighted by atomic mass is 32.1. The molecular weight excluding hydrogens is 366 g/mol. The molecule has 2 aromatic heterocycles. The standard InChI is InChI=1S/C19H23N3O4S/c23-12-14-4-3-13(26-14)10-21-8-1-2-15(21)16-5-6-17(27-16)19(25)22-9-7-20-18(24)11-22/h3-6,15,23H,1-2,7-12H2,(H,20,24). The summed E-state index contributed by atoms with van der Waals surface area (Å²) in [6, 6.07) is 7.89. The molecule has 2 saturated heterocycles. The highest BCUT2D eigenvalue weighted by molar-refractivity contribution is 7.14. The molecular formula is C19H23N3O4S. The first-order valence-electron chi connectivity index (χ1n) is 9.22. The van der Waals surface area contributed by atoms with Crippen LogP contribution in [0.1, 0.15) is 45.0 Å². The van der Waals surface area contributed by atoms with Crippen molar-refractivity contribution < 1.29 is 19.1 Å². The molecule has 27 heavy (non-hydrogen) atoms. The number of nitrogens with one attached hydrogen (secondary N) is 1. The van der Waals surface area contributed by atoms with Crippen LogP contribution in [-0.2, 0) is 17.9 Å². The first kappa shape index (κ1) is 18.2. The molecule has 0 aliphatic carbocycles. The Balaban J connectivity index is 1.45. The van der Waals surface area contributed by atoms with Gasteiger partial charge in [0.05, 0.1) is 18.0 Å². The fourth-order valence-electron chi connectivity index (χ4n) is 3.74. The third kappa shape index (κ3) is 3.92. The van der Waals surface area contributed by atoms with Crippen molar-refractivity contribution in [3.05, 3.63) is 45.5 Å². The maximum absolute atomic E-state index is 12.7. The number of furan rings is 1. The van der Waals surface area contributed by atoms with Crippen molar-refractivity contribution in [1.29, 1.82) is 0 Å². The number of aliphatic hydroxyl groups excluding tert-OH is 1. The van der Waals surface area contributed by atoms with E-state index in [0.717, 1.165) is 25.1 Å². The van der Waals surface area contributed by atoms with Gasteiger partial charge in [0, 0.05) is 24.0 Å². The maximum atomic E-state index is 12.7. The van der Waals surface area contributed by atoms with Crippen molar-refractivity contribution in [1.82, 2.24) is 15.1 Å². The smallest absolute Gasteiger partial charge is 0.264 e. The molecule has 2 aromatic rings. The summed E-state index contributed by atoms with van der Waals surface area (Å²) in [6.07, 6.45) is 2.15. The number of nitrogens with zero attached hydrogens (tertiary/aromatic N) is 2. The van der Waals surface area contributed by atoms with Crippen molar-refractivity contribution in [2.75, 3.05) is 26.2 Å². The van der Waals surface area contributed by atoms with E-state index in [1.165, 1.54) is 16.2 Å². The van der Waals surface area contributed by atoms with Crippen molar-refractivity contribution >= 4 is 23.2 Å². The molecule has 2 N–H and O–H groups in total. The number of amides is 2. The molecule has 1 atom stereocenters. The monoisotopic (exact) mass is 389 g/mol. The van der Waals surface area contributed by atoms with Gasteiger partial charge in [-0.05, 0) is 43.7 Å². The van der Waals surface area contributed by atoms with Gasteiger partial charge in [0.1, 0.15) is 18.1 Å². The number of carbonyl (C=O) groups is 2. The lowest BCUT2D eigenvalue weighted by atomic mass is 10.2. The summed E-state index contributed by atoms with van der Waals surface area (Å²) in [5, 5.41) is 11.9. The molecule has 8 heteroatoms. The van der Waals surface area contributed by atoms with Gasteiger partial charge >= 0.3 is 0 Å². The van der Waals surface area contributed by atoms with Gasteiger partial charge in [0.25, 0.3) is 5.91 Å². The Morgan fingerprint density at radius 2 is 2.11 bits per heavy atom. The summed E-state index contributed by atoms with van der Waals surface area (Å²) in [6.45, 7) is 2.78. The number of carbonyl (C=O) groups excluding carboxylic acids is 2. The Labute approximate surface area is 161 Å². The molecule has 2 aliphatic rings. The van der Waals surface area contributed by atoms with Crippen LogP contribution in [0.3, 0.4) is 0 Å². The second-order valence-corrected chi connectivity index (χ2v) is 8.05. The lowest BCUT2D eigenvalue weighted by Crippen LogP contribution is -2.49. The summed E-state index contributed by atoms with van der Waals surface area (Å²) in [4.78, 5) is 30.0. The Kier molecular flexibility index (Phi) is 5.29. The predicted molar refractivity (Wildman–Crippen MR) is 100 cm³/mol. The number of piperazine rings is 1. The third-order valence-corrected chi connectivity index (χ3v) is 6.26. The summed E-state index contributed by atoms with van der Waals surface area (Å²) in [5.41, 5.74) is 0. The number of rotatable bonds is 5. The second kappa shape index (κ2) is 7.84. The van der Waals surface area contributed by atoms with Crippen LogP contribution in [0.15, 0.2) is 28.7 Å². The van der Waals surface area contributed by atoms with Gasteiger partial charge < -0.3 is 19.7 Å². The van der Waals surface area contributed by atoms with Crippen molar-refractivity contribution in [2.24, 2.45) is 0 Å². The fourth-order valence-corrected chi connectivity index (χ4v) is 4.89. The molecule has 0 bridgehead atoms. The molecule has 2 aliphatic heterocycles. The maximum Gasteiger partial charge on any atom is 0.264 e. The van der Waals surface area contributed by atoms with Gasteiger partial charge in [-0.1, -0.05) is 0 Å². The molecule has 1 unspecified atom stereocenters. The summed E-state index contributed by atoms with van der Waals surface area (Å²) in [5.74, 6) is 1.26.